The fraction of sp³-hybridized carbons (Fsp3) is 0.682. The molecule has 0 aliphatic carbocycles. The van der Waals surface area contributed by atoms with Gasteiger partial charge in [-0.3, -0.25) is 4.79 Å². The normalized spacial score (nSPS) is 12.0. The molecule has 0 amide bonds. The van der Waals surface area contributed by atoms with Crippen molar-refractivity contribution in [3.05, 3.63) is 36.5 Å². The lowest BCUT2D eigenvalue weighted by Crippen LogP contribution is -1.91. The van der Waals surface area contributed by atoms with Gasteiger partial charge in [0, 0.05) is 6.42 Å². The van der Waals surface area contributed by atoms with Gasteiger partial charge in [0.25, 0.3) is 0 Å². The first-order valence-corrected chi connectivity index (χ1v) is 9.94. The SMILES string of the molecule is CCCCC/C=C\CCCC/C=C\CCCC/C=C\CCC(=O)O. The van der Waals surface area contributed by atoms with Crippen molar-refractivity contribution in [3.8, 4) is 0 Å². The van der Waals surface area contributed by atoms with Gasteiger partial charge in [-0.05, 0) is 70.6 Å². The van der Waals surface area contributed by atoms with E-state index in [0.717, 1.165) is 6.42 Å². The van der Waals surface area contributed by atoms with Crippen LogP contribution in [0.25, 0.3) is 0 Å². The average molecular weight is 335 g/mol. The Bertz CT molecular complexity index is 353. The van der Waals surface area contributed by atoms with Gasteiger partial charge in [-0.25, -0.2) is 0 Å². The molecule has 0 atom stereocenters. The van der Waals surface area contributed by atoms with Gasteiger partial charge < -0.3 is 5.11 Å². The molecule has 0 aromatic rings. The zero-order valence-corrected chi connectivity index (χ0v) is 15.7. The van der Waals surface area contributed by atoms with Gasteiger partial charge in [-0.2, -0.15) is 0 Å². The summed E-state index contributed by atoms with van der Waals surface area (Å²) < 4.78 is 0. The fourth-order valence-electron chi connectivity index (χ4n) is 2.47. The third-order valence-corrected chi connectivity index (χ3v) is 3.98. The van der Waals surface area contributed by atoms with Gasteiger partial charge in [-0.15, -0.1) is 0 Å². The van der Waals surface area contributed by atoms with Crippen molar-refractivity contribution in [3.63, 3.8) is 0 Å². The summed E-state index contributed by atoms with van der Waals surface area (Å²) >= 11 is 0. The van der Waals surface area contributed by atoms with Crippen LogP contribution in [0.5, 0.6) is 0 Å². The van der Waals surface area contributed by atoms with Crippen LogP contribution in [0.3, 0.4) is 0 Å². The van der Waals surface area contributed by atoms with Crippen LogP contribution in [0.4, 0.5) is 0 Å². The molecule has 1 N–H and O–H groups in total. The summed E-state index contributed by atoms with van der Waals surface area (Å²) in [4.78, 5) is 10.3. The molecule has 0 bridgehead atoms. The topological polar surface area (TPSA) is 37.3 Å². The Balaban J connectivity index is 3.23. The Hall–Kier alpha value is -1.31. The lowest BCUT2D eigenvalue weighted by atomic mass is 10.1. The monoisotopic (exact) mass is 334 g/mol. The van der Waals surface area contributed by atoms with Crippen LogP contribution < -0.4 is 0 Å². The maximum absolute atomic E-state index is 10.3. The van der Waals surface area contributed by atoms with Gasteiger partial charge in [0.15, 0.2) is 0 Å². The minimum Gasteiger partial charge on any atom is -0.481 e. The summed E-state index contributed by atoms with van der Waals surface area (Å²) in [6.45, 7) is 2.25. The molecule has 2 heteroatoms. The molecule has 0 aliphatic rings. The van der Waals surface area contributed by atoms with E-state index in [-0.39, 0.29) is 6.42 Å². The highest BCUT2D eigenvalue weighted by atomic mass is 16.4. The second-order valence-corrected chi connectivity index (χ2v) is 6.41. The highest BCUT2D eigenvalue weighted by Crippen LogP contribution is 2.06. The molecule has 0 saturated carbocycles. The van der Waals surface area contributed by atoms with E-state index in [9.17, 15) is 4.79 Å². The molecule has 0 aliphatic heterocycles. The van der Waals surface area contributed by atoms with E-state index >= 15 is 0 Å². The lowest BCUT2D eigenvalue weighted by Gasteiger charge is -1.95. The van der Waals surface area contributed by atoms with E-state index in [4.69, 9.17) is 5.11 Å². The highest BCUT2D eigenvalue weighted by molar-refractivity contribution is 5.66. The first-order chi connectivity index (χ1) is 11.8. The molecule has 24 heavy (non-hydrogen) atoms. The van der Waals surface area contributed by atoms with Crippen molar-refractivity contribution in [1.82, 2.24) is 0 Å². The number of hydrogen-bond donors (Lipinski definition) is 1. The highest BCUT2D eigenvalue weighted by Gasteiger charge is 1.91. The van der Waals surface area contributed by atoms with Gasteiger partial charge in [0.05, 0.1) is 0 Å². The Labute approximate surface area is 149 Å². The van der Waals surface area contributed by atoms with Crippen LogP contribution >= 0.6 is 0 Å². The molecule has 0 heterocycles. The Morgan fingerprint density at radius 1 is 0.625 bits per heavy atom. The zero-order valence-electron chi connectivity index (χ0n) is 15.7. The molecule has 0 saturated heterocycles. The van der Waals surface area contributed by atoms with Crippen LogP contribution in [0.15, 0.2) is 36.5 Å². The molecule has 0 aromatic heterocycles. The number of allylic oxidation sites excluding steroid dienone is 6. The minimum atomic E-state index is -0.715. The molecule has 2 nitrogen and oxygen atoms in total. The van der Waals surface area contributed by atoms with Crippen LogP contribution in [0.2, 0.25) is 0 Å². The summed E-state index contributed by atoms with van der Waals surface area (Å²) in [7, 11) is 0. The smallest absolute Gasteiger partial charge is 0.303 e. The van der Waals surface area contributed by atoms with Crippen molar-refractivity contribution < 1.29 is 9.90 Å². The lowest BCUT2D eigenvalue weighted by molar-refractivity contribution is -0.136. The van der Waals surface area contributed by atoms with Gasteiger partial charge >= 0.3 is 5.97 Å². The van der Waals surface area contributed by atoms with E-state index in [2.05, 4.69) is 37.3 Å². The van der Waals surface area contributed by atoms with E-state index in [1.165, 1.54) is 70.6 Å². The molecular formula is C22H38O2. The van der Waals surface area contributed by atoms with Crippen molar-refractivity contribution in [2.75, 3.05) is 0 Å². The predicted octanol–water partition coefficient (Wildman–Crippen LogP) is 7.22. The van der Waals surface area contributed by atoms with Crippen LogP contribution in [-0.2, 0) is 4.79 Å². The largest absolute Gasteiger partial charge is 0.481 e. The Morgan fingerprint density at radius 3 is 1.29 bits per heavy atom. The van der Waals surface area contributed by atoms with E-state index in [0.29, 0.717) is 6.42 Å². The van der Waals surface area contributed by atoms with Gasteiger partial charge in [0.2, 0.25) is 0 Å². The summed E-state index contributed by atoms with van der Waals surface area (Å²) in [6, 6.07) is 0. The Morgan fingerprint density at radius 2 is 0.958 bits per heavy atom. The summed E-state index contributed by atoms with van der Waals surface area (Å²) in [5.41, 5.74) is 0. The van der Waals surface area contributed by atoms with Crippen molar-refractivity contribution in [1.29, 1.82) is 0 Å². The molecule has 0 unspecified atom stereocenters. The van der Waals surface area contributed by atoms with E-state index < -0.39 is 5.97 Å². The minimum absolute atomic E-state index is 0.244. The van der Waals surface area contributed by atoms with Crippen molar-refractivity contribution >= 4 is 5.97 Å². The maximum Gasteiger partial charge on any atom is 0.303 e. The third-order valence-electron chi connectivity index (χ3n) is 3.98. The van der Waals surface area contributed by atoms with E-state index in [1.807, 2.05) is 6.08 Å². The molecule has 0 rings (SSSR count). The molecule has 138 valence electrons. The first-order valence-electron chi connectivity index (χ1n) is 9.94. The summed E-state index contributed by atoms with van der Waals surface area (Å²) in [5, 5.41) is 8.51. The second kappa shape index (κ2) is 19.7. The molecule has 0 fully saturated rings. The zero-order chi connectivity index (χ0) is 17.7. The fourth-order valence-corrected chi connectivity index (χ4v) is 2.47. The standard InChI is InChI=1S/C22H38O2/c1-2-3-4-5-6-7-8-9-10-11-12-13-14-15-16-17-18-19-20-21-22(23)24/h6-7,12-13,18-19H,2-5,8-11,14-17,20-21H2,1H3,(H,23,24)/b7-6-,13-12-,19-18-. The molecular weight excluding hydrogens is 296 g/mol. The number of carboxylic acid groups (broad SMARTS) is 1. The number of carboxylic acids is 1. The quantitative estimate of drug-likeness (QED) is 0.225. The number of carbonyl (C=O) groups is 1. The molecule has 0 radical (unpaired) electrons. The number of unbranched alkanes of at least 4 members (excludes halogenated alkanes) is 9. The summed E-state index contributed by atoms with van der Waals surface area (Å²) in [6.07, 6.45) is 29.3. The van der Waals surface area contributed by atoms with Gasteiger partial charge in [0.1, 0.15) is 0 Å². The van der Waals surface area contributed by atoms with Crippen LogP contribution in [0, 0.1) is 0 Å². The second-order valence-electron chi connectivity index (χ2n) is 6.41. The average Bonchev–Trinajstić information content (AvgIpc) is 2.56. The Kier molecular flexibility index (Phi) is 18.7. The maximum atomic E-state index is 10.3. The molecule has 0 aromatic carbocycles. The first kappa shape index (κ1) is 22.7. The van der Waals surface area contributed by atoms with Crippen LogP contribution in [0.1, 0.15) is 96.8 Å². The van der Waals surface area contributed by atoms with Crippen molar-refractivity contribution in [2.45, 2.75) is 96.8 Å². The molecule has 0 spiro atoms. The summed E-state index contributed by atoms with van der Waals surface area (Å²) in [5.74, 6) is -0.715. The van der Waals surface area contributed by atoms with Crippen LogP contribution in [-0.4, -0.2) is 11.1 Å². The number of aliphatic carboxylic acids is 1. The third kappa shape index (κ3) is 20.7. The van der Waals surface area contributed by atoms with E-state index in [1.54, 1.807) is 0 Å². The predicted molar refractivity (Wildman–Crippen MR) is 105 cm³/mol. The number of rotatable bonds is 17. The number of hydrogen-bond acceptors (Lipinski definition) is 1. The van der Waals surface area contributed by atoms with Crippen molar-refractivity contribution in [2.24, 2.45) is 0 Å². The van der Waals surface area contributed by atoms with Gasteiger partial charge in [-0.1, -0.05) is 56.2 Å².